The van der Waals surface area contributed by atoms with E-state index in [1.807, 2.05) is 60.7 Å². The SMILES string of the molecule is Cc1cc2nc3c(nc2cc1F)c1nc2cc(F)c(F)cc2nc1c1nc2cc(F)c(F)cc2nc31.[C-]#[N+]C([N+]#[C-])=c1c(F)c(F)c(=C(C)C#N)c(F)c1F.[C-]#[N+]C([N+]#[C-])=c1ccc(=C(C#N)C#N)c2cc3/c(=C(\C)C#N)ccc(=C([N+]#[C-])[N+]#[C-])c3cc12.[C-]#[N+]C([N+]#[C-])=c1ccc2cc3c/c(=C(\C)C#N)ccc3cc2c1.[C-]#[N+]c1nc2c(nc1C#N)c1nc(C)c(C#N)nc1c1nc([N+]#[C-])c([N+]#[C-])nc21. The Morgan fingerprint density at radius 1 is 0.271 bits per heavy atom. The first-order valence-corrected chi connectivity index (χ1v) is 39.1. The quantitative estimate of drug-likeness (QED) is 0.0447. The smallest absolute Gasteiger partial charge is 0.370 e. The van der Waals surface area contributed by atoms with Gasteiger partial charge in [0.2, 0.25) is 11.0 Å². The second kappa shape index (κ2) is 38.4. The summed E-state index contributed by atoms with van der Waals surface area (Å²) in [4.78, 5) is 86.8. The maximum Gasteiger partial charge on any atom is 0.532 e. The highest BCUT2D eigenvalue weighted by molar-refractivity contribution is 6.22. The first kappa shape index (κ1) is 93.8. The zero-order chi connectivity index (χ0) is 101. The number of hydrogen-bond acceptors (Lipinski definition) is 19. The average molecular weight is 1840 g/mol. The van der Waals surface area contributed by atoms with Gasteiger partial charge in [0.15, 0.2) is 57.9 Å². The Morgan fingerprint density at radius 3 is 0.979 bits per heavy atom. The summed E-state index contributed by atoms with van der Waals surface area (Å²) in [6, 6.07) is 44.7. The maximum atomic E-state index is 14.3. The topological polar surface area (TPSA) is 369 Å². The molecule has 0 radical (unpaired) electrons. The largest absolute Gasteiger partial charge is 0.532 e. The van der Waals surface area contributed by atoms with Crippen LogP contribution in [0.3, 0.4) is 0 Å². The van der Waals surface area contributed by atoms with E-state index in [0.29, 0.717) is 75.6 Å². The minimum Gasteiger partial charge on any atom is -0.370 e. The van der Waals surface area contributed by atoms with E-state index >= 15 is 0 Å². The number of nitrogens with zero attached hydrogens (tertiary/aromatic N) is 30. The number of benzene rings is 12. The van der Waals surface area contributed by atoms with Crippen molar-refractivity contribution >= 4 is 205 Å². The molecular formula is C101H35F9N30. The number of rotatable bonds is 0. The molecule has 30 nitrogen and oxygen atoms in total. The Kier molecular flexibility index (Phi) is 25.7. The Balaban J connectivity index is 0.000000142. The molecule has 6 heterocycles. The first-order valence-electron chi connectivity index (χ1n) is 39.1. The zero-order valence-corrected chi connectivity index (χ0v) is 71.4. The third-order valence-corrected chi connectivity index (χ3v) is 21.3. The Labute approximate surface area is 778 Å². The molecule has 0 aliphatic heterocycles. The summed E-state index contributed by atoms with van der Waals surface area (Å²) in [5.41, 5.74) is 3.28. The molecule has 0 bridgehead atoms. The summed E-state index contributed by atoms with van der Waals surface area (Å²) in [6.07, 6.45) is 0. The molecule has 140 heavy (non-hydrogen) atoms. The third kappa shape index (κ3) is 16.7. The highest BCUT2D eigenvalue weighted by Crippen LogP contribution is 2.38. The lowest BCUT2D eigenvalue weighted by molar-refractivity contribution is 0.434. The fourth-order valence-corrected chi connectivity index (χ4v) is 14.6. The number of halogens is 9. The molecule has 0 N–H and O–H groups in total. The molecule has 0 unspecified atom stereocenters. The van der Waals surface area contributed by atoms with E-state index in [1.165, 1.54) is 30.3 Å². The van der Waals surface area contributed by atoms with E-state index in [-0.39, 0.29) is 146 Å². The number of fused-ring (bicyclic) bond motifs is 19. The minimum atomic E-state index is -1.87. The van der Waals surface area contributed by atoms with Crippen molar-refractivity contribution in [3.05, 3.63) is 364 Å². The lowest BCUT2D eigenvalue weighted by atomic mass is 9.95. The molecular weight excluding hydrogens is 1800 g/mol. The summed E-state index contributed by atoms with van der Waals surface area (Å²) < 4.78 is 125. The van der Waals surface area contributed by atoms with Crippen LogP contribution in [0.4, 0.5) is 57.0 Å². The van der Waals surface area contributed by atoms with Crippen LogP contribution < -0.4 is 41.7 Å². The van der Waals surface area contributed by atoms with Crippen LogP contribution in [-0.2, 0) is 0 Å². The molecule has 18 rings (SSSR count). The molecule has 0 aliphatic carbocycles. The van der Waals surface area contributed by atoms with Gasteiger partial charge in [0, 0.05) is 52.3 Å². The van der Waals surface area contributed by atoms with Gasteiger partial charge in [0.25, 0.3) is 17.2 Å². The van der Waals surface area contributed by atoms with Gasteiger partial charge in [0.1, 0.15) is 143 Å². The molecule has 0 atom stereocenters. The van der Waals surface area contributed by atoms with Crippen molar-refractivity contribution in [3.63, 3.8) is 0 Å². The van der Waals surface area contributed by atoms with E-state index < -0.39 is 74.2 Å². The van der Waals surface area contributed by atoms with Gasteiger partial charge in [-0.15, -0.1) is 15.0 Å². The molecule has 652 valence electrons. The predicted octanol–water partition coefficient (Wildman–Crippen LogP) is 17.3. The molecule has 6 aromatic heterocycles. The van der Waals surface area contributed by atoms with Gasteiger partial charge in [0.05, 0.1) is 77.9 Å². The fraction of sp³-hybridized carbons (Fsp3) is 0.0495. The number of aromatic nitrogens is 12. The Morgan fingerprint density at radius 2 is 0.593 bits per heavy atom. The predicted molar refractivity (Wildman–Crippen MR) is 493 cm³/mol. The van der Waals surface area contributed by atoms with Gasteiger partial charge in [-0.1, -0.05) is 68.2 Å². The highest BCUT2D eigenvalue weighted by atomic mass is 19.2. The summed E-state index contributed by atoms with van der Waals surface area (Å²) in [5, 5.41) is 71.2. The monoisotopic (exact) mass is 1840 g/mol. The summed E-state index contributed by atoms with van der Waals surface area (Å²) in [7, 11) is 0. The molecule has 39 heteroatoms. The van der Waals surface area contributed by atoms with Crippen LogP contribution in [0.1, 0.15) is 43.4 Å². The van der Waals surface area contributed by atoms with Gasteiger partial charge in [-0.05, 0) is 136 Å². The summed E-state index contributed by atoms with van der Waals surface area (Å²) >= 11 is 0. The molecule has 18 aromatic rings. The fourth-order valence-electron chi connectivity index (χ4n) is 14.6. The van der Waals surface area contributed by atoms with Crippen molar-refractivity contribution in [2.24, 2.45) is 0 Å². The number of aryl methyl sites for hydroxylation is 2. The average Bonchev–Trinajstić information content (AvgIpc) is 0.724. The number of nitriles is 7. The Hall–Kier alpha value is -22.3. The molecule has 0 aliphatic rings. The second-order valence-corrected chi connectivity index (χ2v) is 29.2. The van der Waals surface area contributed by atoms with Gasteiger partial charge < -0.3 is 14.5 Å². The molecule has 0 saturated carbocycles. The van der Waals surface area contributed by atoms with Gasteiger partial charge >= 0.3 is 29.1 Å². The van der Waals surface area contributed by atoms with Crippen molar-refractivity contribution < 1.29 is 39.5 Å². The standard InChI is InChI=1S/C26H9N7.C25H9F5N6.C20H11N3.C18H3N11.C12H3F4N3/c1-15(12-27)17-6-8-19(25(30-2)31-3)23-11-24-20(26(32-4)33-5)9-7-18(16(13-28)14-29)22(24)10-21(17)23;1-8-2-14-15(3-9(8)26)32-21-20(31-14)22-24(35-17-5-11(28)10(27)4-16(17)33-22)25-23(21)34-18-6-12(29)13(30)7-19(18)36-25;1-13(12-21)14-4-5-15-10-19-11-17(20(22-2)23-3)7-6-16(19)9-18(15)8-14;1-7-8(5-19)25-11-10(24-7)12-13(27-16(21-2)9(6-20)26-12)15-14(11)28-17(22-3)18(23-4)29-15;1-5(4-17)6-8(13)10(15)7(11(16)9(6)14)12(18-2)19-3/h6-11H,1H3;2-7H,1H3;4-11H,1H3;1H3;1H3/b17-15+;;14-13+;;. The van der Waals surface area contributed by atoms with Crippen LogP contribution in [0, 0.1) is 218 Å². The van der Waals surface area contributed by atoms with Crippen LogP contribution in [0.5, 0.6) is 0 Å². The molecule has 0 spiro atoms. The van der Waals surface area contributed by atoms with Crippen molar-refractivity contribution in [2.75, 3.05) is 0 Å². The highest BCUT2D eigenvalue weighted by Gasteiger charge is 2.31. The summed E-state index contributed by atoms with van der Waals surface area (Å²) in [5.74, 6) is -14.4. The van der Waals surface area contributed by atoms with Crippen LogP contribution in [-0.4, -0.2) is 59.8 Å². The van der Waals surface area contributed by atoms with E-state index in [1.54, 1.807) is 58.0 Å². The third-order valence-electron chi connectivity index (χ3n) is 21.3. The van der Waals surface area contributed by atoms with Gasteiger partial charge in [-0.2, -0.15) is 75.6 Å². The van der Waals surface area contributed by atoms with Crippen LogP contribution in [0.2, 0.25) is 0 Å². The Bertz CT molecular complexity index is 9800. The number of hydrogen-bond donors (Lipinski definition) is 0. The van der Waals surface area contributed by atoms with Crippen LogP contribution in [0.25, 0.3) is 241 Å². The van der Waals surface area contributed by atoms with Crippen molar-refractivity contribution in [1.29, 1.82) is 36.8 Å². The second-order valence-electron chi connectivity index (χ2n) is 29.2. The van der Waals surface area contributed by atoms with E-state index in [4.69, 9.17) is 82.8 Å². The molecule has 0 amide bonds. The lowest BCUT2D eigenvalue weighted by Gasteiger charge is -2.11. The minimum absolute atomic E-state index is 0.0321. The van der Waals surface area contributed by atoms with Crippen molar-refractivity contribution in [1.82, 2.24) is 59.8 Å². The molecule has 12 aromatic carbocycles. The normalized spacial score (nSPS) is 10.7. The molecule has 0 saturated heterocycles. The molecule has 0 fully saturated rings. The van der Waals surface area contributed by atoms with Crippen molar-refractivity contribution in [3.8, 4) is 42.5 Å². The van der Waals surface area contributed by atoms with Crippen molar-refractivity contribution in [2.45, 2.75) is 34.6 Å². The van der Waals surface area contributed by atoms with E-state index in [2.05, 4.69) is 131 Å². The van der Waals surface area contributed by atoms with Crippen LogP contribution >= 0.6 is 0 Å². The van der Waals surface area contributed by atoms with E-state index in [9.17, 15) is 65.8 Å². The van der Waals surface area contributed by atoms with Gasteiger partial charge in [-0.3, -0.25) is 0 Å². The van der Waals surface area contributed by atoms with Crippen LogP contribution in [0.15, 0.2) is 121 Å². The summed E-state index contributed by atoms with van der Waals surface area (Å²) in [6.45, 7) is 86.1. The van der Waals surface area contributed by atoms with E-state index in [0.717, 1.165) is 58.0 Å². The lowest BCUT2D eigenvalue weighted by Crippen LogP contribution is -2.30. The first-order chi connectivity index (χ1) is 67.4. The zero-order valence-electron chi connectivity index (χ0n) is 71.4. The van der Waals surface area contributed by atoms with Gasteiger partial charge in [-0.25, -0.2) is 84.4 Å². The maximum absolute atomic E-state index is 14.3.